The zero-order chi connectivity index (χ0) is 19.7. The first-order chi connectivity index (χ1) is 12.8. The van der Waals surface area contributed by atoms with Crippen molar-refractivity contribution in [1.82, 2.24) is 9.78 Å². The molecule has 27 heavy (non-hydrogen) atoms. The maximum Gasteiger partial charge on any atom is 0.229 e. The highest BCUT2D eigenvalue weighted by atomic mass is 35.5. The monoisotopic (exact) mass is 405 g/mol. The number of rotatable bonds is 4. The van der Waals surface area contributed by atoms with E-state index in [9.17, 15) is 9.18 Å². The lowest BCUT2D eigenvalue weighted by atomic mass is 10.1. The Balaban J connectivity index is 1.85. The van der Waals surface area contributed by atoms with Crippen molar-refractivity contribution in [2.75, 3.05) is 5.32 Å². The average Bonchev–Trinajstić information content (AvgIpc) is 2.89. The van der Waals surface area contributed by atoms with Crippen LogP contribution in [0.15, 0.2) is 36.4 Å². The van der Waals surface area contributed by atoms with E-state index in [0.29, 0.717) is 10.0 Å². The van der Waals surface area contributed by atoms with Gasteiger partial charge in [-0.1, -0.05) is 29.3 Å². The highest BCUT2D eigenvalue weighted by molar-refractivity contribution is 6.42. The third kappa shape index (κ3) is 4.15. The van der Waals surface area contributed by atoms with E-state index in [4.69, 9.17) is 23.2 Å². The zero-order valence-corrected chi connectivity index (χ0v) is 16.6. The number of nitrogens with zero attached hydrogens (tertiary/aromatic N) is 2. The van der Waals surface area contributed by atoms with E-state index >= 15 is 0 Å². The second kappa shape index (κ2) is 7.71. The van der Waals surface area contributed by atoms with E-state index in [1.54, 1.807) is 35.0 Å². The third-order valence-corrected chi connectivity index (χ3v) is 5.06. The first kappa shape index (κ1) is 19.4. The van der Waals surface area contributed by atoms with Crippen molar-refractivity contribution in [1.29, 1.82) is 0 Å². The van der Waals surface area contributed by atoms with Gasteiger partial charge in [-0.05, 0) is 56.7 Å². The molecule has 7 heteroatoms. The number of hydrogen-bond acceptors (Lipinski definition) is 2. The summed E-state index contributed by atoms with van der Waals surface area (Å²) in [5.74, 6) is -0.770. The smallest absolute Gasteiger partial charge is 0.229 e. The van der Waals surface area contributed by atoms with Gasteiger partial charge in [0.15, 0.2) is 0 Å². The Bertz CT molecular complexity index is 1030. The molecular weight excluding hydrogens is 388 g/mol. The Morgan fingerprint density at radius 1 is 1.11 bits per heavy atom. The van der Waals surface area contributed by atoms with Crippen molar-refractivity contribution < 1.29 is 9.18 Å². The van der Waals surface area contributed by atoms with Gasteiger partial charge in [-0.25, -0.2) is 9.07 Å². The summed E-state index contributed by atoms with van der Waals surface area (Å²) in [5, 5.41) is 8.02. The van der Waals surface area contributed by atoms with E-state index in [0.717, 1.165) is 28.2 Å². The molecule has 0 atom stereocenters. The highest BCUT2D eigenvalue weighted by Crippen LogP contribution is 2.26. The van der Waals surface area contributed by atoms with Crippen LogP contribution in [0.5, 0.6) is 0 Å². The van der Waals surface area contributed by atoms with E-state index in [1.807, 2.05) is 20.8 Å². The van der Waals surface area contributed by atoms with Gasteiger partial charge in [0, 0.05) is 11.3 Å². The molecule has 0 saturated carbocycles. The molecule has 4 nitrogen and oxygen atoms in total. The van der Waals surface area contributed by atoms with Crippen LogP contribution in [-0.2, 0) is 11.2 Å². The third-order valence-electron chi connectivity index (χ3n) is 4.32. The molecule has 3 aromatic rings. The lowest BCUT2D eigenvalue weighted by Gasteiger charge is -2.09. The molecule has 1 heterocycles. The molecule has 0 fully saturated rings. The van der Waals surface area contributed by atoms with Crippen molar-refractivity contribution >= 4 is 34.8 Å². The fourth-order valence-corrected chi connectivity index (χ4v) is 3.18. The summed E-state index contributed by atoms with van der Waals surface area (Å²) in [6.45, 7) is 5.54. The summed E-state index contributed by atoms with van der Waals surface area (Å²) in [7, 11) is 0. The molecule has 0 unspecified atom stereocenters. The first-order valence-corrected chi connectivity index (χ1v) is 9.08. The number of benzene rings is 2. The van der Waals surface area contributed by atoms with Gasteiger partial charge < -0.3 is 5.32 Å². The molecule has 140 valence electrons. The Morgan fingerprint density at radius 3 is 2.56 bits per heavy atom. The molecule has 1 amide bonds. The number of aryl methyl sites for hydroxylation is 2. The number of carbonyl (C=O) groups is 1. The quantitative estimate of drug-likeness (QED) is 0.629. The number of hydrogen-bond donors (Lipinski definition) is 1. The first-order valence-electron chi connectivity index (χ1n) is 8.33. The maximum atomic E-state index is 13.9. The number of nitrogens with one attached hydrogen (secondary N) is 1. The lowest BCUT2D eigenvalue weighted by molar-refractivity contribution is -0.115. The van der Waals surface area contributed by atoms with E-state index in [-0.39, 0.29) is 18.0 Å². The van der Waals surface area contributed by atoms with Gasteiger partial charge in [0.1, 0.15) is 5.82 Å². The van der Waals surface area contributed by atoms with Crippen molar-refractivity contribution in [2.24, 2.45) is 0 Å². The summed E-state index contributed by atoms with van der Waals surface area (Å²) in [6, 6.07) is 9.81. The van der Waals surface area contributed by atoms with Crippen molar-refractivity contribution in [3.05, 3.63) is 74.8 Å². The average molecular weight is 406 g/mol. The van der Waals surface area contributed by atoms with Crippen molar-refractivity contribution in [3.8, 4) is 5.69 Å². The SMILES string of the molecule is Cc1ccc(F)c(NC(=O)Cc2c(C)nn(-c3ccc(Cl)c(Cl)c3)c2C)c1. The van der Waals surface area contributed by atoms with Gasteiger partial charge in [-0.3, -0.25) is 4.79 Å². The van der Waals surface area contributed by atoms with Crippen LogP contribution in [0, 0.1) is 26.6 Å². The van der Waals surface area contributed by atoms with E-state index < -0.39 is 5.82 Å². The Morgan fingerprint density at radius 2 is 1.85 bits per heavy atom. The molecule has 0 radical (unpaired) electrons. The second-order valence-corrected chi connectivity index (χ2v) is 7.18. The van der Waals surface area contributed by atoms with Gasteiger partial charge >= 0.3 is 0 Å². The molecule has 1 aromatic heterocycles. The number of carbonyl (C=O) groups excluding carboxylic acids is 1. The van der Waals surface area contributed by atoms with Crippen LogP contribution in [0.2, 0.25) is 10.0 Å². The summed E-state index contributed by atoms with van der Waals surface area (Å²) >= 11 is 12.1. The van der Waals surface area contributed by atoms with Gasteiger partial charge in [0.25, 0.3) is 0 Å². The molecule has 2 aromatic carbocycles. The molecule has 0 spiro atoms. The van der Waals surface area contributed by atoms with Crippen LogP contribution in [0.1, 0.15) is 22.5 Å². The minimum atomic E-state index is -0.464. The van der Waals surface area contributed by atoms with Crippen LogP contribution >= 0.6 is 23.2 Å². The molecule has 0 aliphatic carbocycles. The van der Waals surface area contributed by atoms with Crippen molar-refractivity contribution in [2.45, 2.75) is 27.2 Å². The zero-order valence-electron chi connectivity index (χ0n) is 15.1. The van der Waals surface area contributed by atoms with Crippen LogP contribution < -0.4 is 5.32 Å². The van der Waals surface area contributed by atoms with Crippen LogP contribution in [0.25, 0.3) is 5.69 Å². The van der Waals surface area contributed by atoms with Crippen LogP contribution in [-0.4, -0.2) is 15.7 Å². The van der Waals surface area contributed by atoms with Gasteiger partial charge in [-0.2, -0.15) is 5.10 Å². The summed E-state index contributed by atoms with van der Waals surface area (Å²) in [6.07, 6.45) is 0.0897. The molecule has 0 bridgehead atoms. The summed E-state index contributed by atoms with van der Waals surface area (Å²) in [5.41, 5.74) is 4.11. The minimum Gasteiger partial charge on any atom is -0.323 e. The highest BCUT2D eigenvalue weighted by Gasteiger charge is 2.17. The number of amides is 1. The molecule has 1 N–H and O–H groups in total. The van der Waals surface area contributed by atoms with Gasteiger partial charge in [0.2, 0.25) is 5.91 Å². The predicted octanol–water partition coefficient (Wildman–Crippen LogP) is 5.42. The predicted molar refractivity (Wildman–Crippen MR) is 107 cm³/mol. The normalized spacial score (nSPS) is 10.9. The second-order valence-electron chi connectivity index (χ2n) is 6.37. The Labute approximate surface area is 166 Å². The van der Waals surface area contributed by atoms with Crippen molar-refractivity contribution in [3.63, 3.8) is 0 Å². The van der Waals surface area contributed by atoms with E-state index in [2.05, 4.69) is 10.4 Å². The van der Waals surface area contributed by atoms with Crippen LogP contribution in [0.3, 0.4) is 0 Å². The fraction of sp³-hybridized carbons (Fsp3) is 0.200. The molecule has 3 rings (SSSR count). The molecule has 0 aliphatic heterocycles. The molecular formula is C20H18Cl2FN3O. The number of halogens is 3. The molecule has 0 aliphatic rings. The van der Waals surface area contributed by atoms with E-state index in [1.165, 1.54) is 6.07 Å². The Hall–Kier alpha value is -2.37. The van der Waals surface area contributed by atoms with Crippen LogP contribution in [0.4, 0.5) is 10.1 Å². The minimum absolute atomic E-state index is 0.0897. The summed E-state index contributed by atoms with van der Waals surface area (Å²) < 4.78 is 15.6. The number of aromatic nitrogens is 2. The van der Waals surface area contributed by atoms with Gasteiger partial charge in [0.05, 0.1) is 33.5 Å². The fourth-order valence-electron chi connectivity index (χ4n) is 2.89. The molecule has 0 saturated heterocycles. The van der Waals surface area contributed by atoms with Gasteiger partial charge in [-0.15, -0.1) is 0 Å². The maximum absolute atomic E-state index is 13.9. The summed E-state index contributed by atoms with van der Waals surface area (Å²) in [4.78, 5) is 12.4. The largest absolute Gasteiger partial charge is 0.323 e. The topological polar surface area (TPSA) is 46.9 Å². The lowest BCUT2D eigenvalue weighted by Crippen LogP contribution is -2.16. The standard InChI is InChI=1S/C20H18Cl2FN3O/c1-11-4-7-18(23)19(8-11)24-20(27)10-15-12(2)25-26(13(15)3)14-5-6-16(21)17(22)9-14/h4-9H,10H2,1-3H3,(H,24,27). The Kier molecular flexibility index (Phi) is 5.53. The number of anilines is 1.